The summed E-state index contributed by atoms with van der Waals surface area (Å²) in [7, 11) is 0. The minimum absolute atomic E-state index is 0.142. The molecule has 1 fully saturated rings. The van der Waals surface area contributed by atoms with E-state index in [9.17, 15) is 13.2 Å². The number of ether oxygens (including phenoxy) is 1. The Labute approximate surface area is 144 Å². The van der Waals surface area contributed by atoms with Gasteiger partial charge in [-0.15, -0.1) is 0 Å². The van der Waals surface area contributed by atoms with Crippen LogP contribution < -0.4 is 10.2 Å². The summed E-state index contributed by atoms with van der Waals surface area (Å²) in [5.74, 6) is 0. The second-order valence-corrected chi connectivity index (χ2v) is 6.06. The molecule has 2 aromatic rings. The van der Waals surface area contributed by atoms with Crippen LogP contribution in [-0.2, 0) is 24.0 Å². The van der Waals surface area contributed by atoms with Crippen LogP contribution in [0.5, 0.6) is 0 Å². The van der Waals surface area contributed by atoms with E-state index >= 15 is 0 Å². The molecular weight excluding hydrogens is 333 g/mol. The first-order chi connectivity index (χ1) is 11.9. The molecule has 136 valence electrons. The smallest absolute Gasteiger partial charge is 0.378 e. The number of alkyl halides is 3. The highest BCUT2D eigenvalue weighted by atomic mass is 19.4. The highest BCUT2D eigenvalue weighted by Crippen LogP contribution is 2.35. The van der Waals surface area contributed by atoms with E-state index in [2.05, 4.69) is 15.5 Å². The number of H-pyrrole nitrogens is 1. The zero-order valence-corrected chi connectivity index (χ0v) is 14.0. The van der Waals surface area contributed by atoms with Crippen LogP contribution in [-0.4, -0.2) is 36.5 Å². The molecule has 0 spiro atoms. The van der Waals surface area contributed by atoms with E-state index in [0.717, 1.165) is 11.3 Å². The SMILES string of the molecule is Cc1[nH]ncc1CNCc1ccc(N2CCOCC2)cc1C(F)(F)F. The number of aryl methyl sites for hydroxylation is 1. The zero-order valence-electron chi connectivity index (χ0n) is 14.0. The first kappa shape index (κ1) is 17.8. The van der Waals surface area contributed by atoms with Crippen molar-refractivity contribution in [3.8, 4) is 0 Å². The van der Waals surface area contributed by atoms with Gasteiger partial charge in [-0.25, -0.2) is 0 Å². The Balaban J connectivity index is 1.74. The third-order valence-electron chi connectivity index (χ3n) is 4.34. The number of anilines is 1. The summed E-state index contributed by atoms with van der Waals surface area (Å²) in [6.45, 7) is 4.77. The molecule has 2 N–H and O–H groups in total. The maximum atomic E-state index is 13.5. The second kappa shape index (κ2) is 7.45. The van der Waals surface area contributed by atoms with Crippen LogP contribution in [0.2, 0.25) is 0 Å². The van der Waals surface area contributed by atoms with Gasteiger partial charge in [0.1, 0.15) is 0 Å². The molecule has 0 unspecified atom stereocenters. The number of aromatic nitrogens is 2. The predicted octanol–water partition coefficient (Wildman–Crippen LogP) is 2.86. The molecule has 0 aliphatic carbocycles. The molecular formula is C17H21F3N4O. The van der Waals surface area contributed by atoms with Crippen molar-refractivity contribution in [2.24, 2.45) is 0 Å². The van der Waals surface area contributed by atoms with Gasteiger partial charge in [0.05, 0.1) is 25.0 Å². The van der Waals surface area contributed by atoms with Crippen LogP contribution in [0.4, 0.5) is 18.9 Å². The maximum Gasteiger partial charge on any atom is 0.416 e. The average molecular weight is 354 g/mol. The molecule has 5 nitrogen and oxygen atoms in total. The number of morpholine rings is 1. The number of rotatable bonds is 5. The van der Waals surface area contributed by atoms with Crippen molar-refractivity contribution >= 4 is 5.69 Å². The lowest BCUT2D eigenvalue weighted by Crippen LogP contribution is -2.36. The lowest BCUT2D eigenvalue weighted by Gasteiger charge is -2.29. The third kappa shape index (κ3) is 4.32. The summed E-state index contributed by atoms with van der Waals surface area (Å²) in [6.07, 6.45) is -2.71. The Morgan fingerprint density at radius 1 is 1.20 bits per heavy atom. The quantitative estimate of drug-likeness (QED) is 0.867. The van der Waals surface area contributed by atoms with Gasteiger partial charge >= 0.3 is 6.18 Å². The van der Waals surface area contributed by atoms with Gasteiger partial charge in [-0.1, -0.05) is 6.07 Å². The van der Waals surface area contributed by atoms with Gasteiger partial charge < -0.3 is 15.0 Å². The molecule has 0 radical (unpaired) electrons. The lowest BCUT2D eigenvalue weighted by atomic mass is 10.0. The fourth-order valence-corrected chi connectivity index (χ4v) is 2.89. The van der Waals surface area contributed by atoms with Crippen molar-refractivity contribution < 1.29 is 17.9 Å². The molecule has 1 aromatic carbocycles. The van der Waals surface area contributed by atoms with E-state index in [0.29, 0.717) is 38.5 Å². The molecule has 2 heterocycles. The Morgan fingerprint density at radius 3 is 2.56 bits per heavy atom. The van der Waals surface area contributed by atoms with Crippen molar-refractivity contribution in [1.29, 1.82) is 0 Å². The van der Waals surface area contributed by atoms with Crippen LogP contribution in [0, 0.1) is 6.92 Å². The molecule has 1 aliphatic rings. The summed E-state index contributed by atoms with van der Waals surface area (Å²) < 4.78 is 45.7. The van der Waals surface area contributed by atoms with Crippen molar-refractivity contribution in [3.63, 3.8) is 0 Å². The van der Waals surface area contributed by atoms with Crippen LogP contribution in [0.3, 0.4) is 0 Å². The van der Waals surface area contributed by atoms with Gasteiger partial charge in [-0.05, 0) is 24.6 Å². The summed E-state index contributed by atoms with van der Waals surface area (Å²) in [5, 5.41) is 9.78. The number of nitrogens with one attached hydrogen (secondary N) is 2. The fourth-order valence-electron chi connectivity index (χ4n) is 2.89. The molecule has 3 rings (SSSR count). The van der Waals surface area contributed by atoms with Gasteiger partial charge in [0, 0.05) is 43.1 Å². The number of hydrogen-bond donors (Lipinski definition) is 2. The van der Waals surface area contributed by atoms with Crippen molar-refractivity contribution in [2.45, 2.75) is 26.2 Å². The number of halogens is 3. The third-order valence-corrected chi connectivity index (χ3v) is 4.34. The monoisotopic (exact) mass is 354 g/mol. The minimum Gasteiger partial charge on any atom is -0.378 e. The molecule has 1 aromatic heterocycles. The van der Waals surface area contributed by atoms with E-state index in [-0.39, 0.29) is 12.1 Å². The van der Waals surface area contributed by atoms with E-state index in [1.165, 1.54) is 6.07 Å². The van der Waals surface area contributed by atoms with Crippen LogP contribution in [0.1, 0.15) is 22.4 Å². The van der Waals surface area contributed by atoms with Gasteiger partial charge in [-0.3, -0.25) is 5.10 Å². The van der Waals surface area contributed by atoms with Crippen molar-refractivity contribution in [2.75, 3.05) is 31.2 Å². The molecule has 0 bridgehead atoms. The number of aromatic amines is 1. The minimum atomic E-state index is -4.38. The fraction of sp³-hybridized carbons (Fsp3) is 0.471. The predicted molar refractivity (Wildman–Crippen MR) is 88.3 cm³/mol. The molecule has 0 saturated carbocycles. The number of benzene rings is 1. The molecule has 25 heavy (non-hydrogen) atoms. The Morgan fingerprint density at radius 2 is 1.92 bits per heavy atom. The van der Waals surface area contributed by atoms with Crippen molar-refractivity contribution in [1.82, 2.24) is 15.5 Å². The zero-order chi connectivity index (χ0) is 17.9. The summed E-state index contributed by atoms with van der Waals surface area (Å²) in [5.41, 5.74) is 2.09. The molecule has 1 aliphatic heterocycles. The lowest BCUT2D eigenvalue weighted by molar-refractivity contribution is -0.138. The van der Waals surface area contributed by atoms with Gasteiger partial charge in [0.15, 0.2) is 0 Å². The first-order valence-electron chi connectivity index (χ1n) is 8.17. The first-order valence-corrected chi connectivity index (χ1v) is 8.17. The summed E-state index contributed by atoms with van der Waals surface area (Å²) in [6, 6.07) is 4.55. The van der Waals surface area contributed by atoms with E-state index in [1.54, 1.807) is 18.3 Å². The topological polar surface area (TPSA) is 53.2 Å². The van der Waals surface area contributed by atoms with Gasteiger partial charge in [-0.2, -0.15) is 18.3 Å². The van der Waals surface area contributed by atoms with Gasteiger partial charge in [0.25, 0.3) is 0 Å². The average Bonchev–Trinajstić information content (AvgIpc) is 3.00. The highest BCUT2D eigenvalue weighted by Gasteiger charge is 2.34. The Hall–Kier alpha value is -2.06. The van der Waals surface area contributed by atoms with E-state index in [1.807, 2.05) is 11.8 Å². The van der Waals surface area contributed by atoms with E-state index < -0.39 is 11.7 Å². The van der Waals surface area contributed by atoms with Crippen LogP contribution in [0.25, 0.3) is 0 Å². The summed E-state index contributed by atoms with van der Waals surface area (Å²) >= 11 is 0. The maximum absolute atomic E-state index is 13.5. The van der Waals surface area contributed by atoms with E-state index in [4.69, 9.17) is 4.74 Å². The standard InChI is InChI=1S/C17H21F3N4O/c1-12-14(11-22-23-12)10-21-9-13-2-3-15(8-16(13)17(18,19)20)24-4-6-25-7-5-24/h2-3,8,11,21H,4-7,9-10H2,1H3,(H,22,23). The van der Waals surface area contributed by atoms with Crippen LogP contribution in [0.15, 0.2) is 24.4 Å². The number of hydrogen-bond acceptors (Lipinski definition) is 4. The Kier molecular flexibility index (Phi) is 5.29. The summed E-state index contributed by atoms with van der Waals surface area (Å²) in [4.78, 5) is 1.92. The largest absolute Gasteiger partial charge is 0.416 e. The van der Waals surface area contributed by atoms with Crippen molar-refractivity contribution in [3.05, 3.63) is 46.8 Å². The Bertz CT molecular complexity index is 708. The highest BCUT2D eigenvalue weighted by molar-refractivity contribution is 5.52. The molecule has 1 saturated heterocycles. The van der Waals surface area contributed by atoms with Crippen LogP contribution >= 0.6 is 0 Å². The van der Waals surface area contributed by atoms with Gasteiger partial charge in [0.2, 0.25) is 0 Å². The second-order valence-electron chi connectivity index (χ2n) is 6.06. The number of nitrogens with zero attached hydrogens (tertiary/aromatic N) is 2. The molecule has 0 atom stereocenters. The molecule has 0 amide bonds. The molecule has 8 heteroatoms. The normalized spacial score (nSPS) is 15.6.